The van der Waals surface area contributed by atoms with Gasteiger partial charge in [0.2, 0.25) is 0 Å². The molecule has 8 heteroatoms. The number of nitrogens with zero attached hydrogens (tertiary/aromatic N) is 3. The standard InChI is InChI=1S/C23H30F3N3O2/c1-3-4-5-8-14-30-22-27-16-20(23(24,25)26)21(28-22)29(2)17-10-9-13-19(15-17)31-18-11-6-7-12-18/h9-10,13,15-16,18H,3-8,11-12,14H2,1-2H3. The predicted molar refractivity (Wildman–Crippen MR) is 114 cm³/mol. The third-order valence-corrected chi connectivity index (χ3v) is 5.41. The molecule has 1 aliphatic carbocycles. The normalized spacial score (nSPS) is 14.6. The van der Waals surface area contributed by atoms with Gasteiger partial charge in [0.1, 0.15) is 11.3 Å². The Balaban J connectivity index is 1.80. The molecule has 0 spiro atoms. The van der Waals surface area contributed by atoms with Crippen LogP contribution in [0.3, 0.4) is 0 Å². The molecule has 0 bridgehead atoms. The van der Waals surface area contributed by atoms with Gasteiger partial charge in [-0.15, -0.1) is 0 Å². The van der Waals surface area contributed by atoms with E-state index in [4.69, 9.17) is 9.47 Å². The minimum absolute atomic E-state index is 0.0512. The molecule has 0 amide bonds. The summed E-state index contributed by atoms with van der Waals surface area (Å²) in [5, 5.41) is 0. The number of aromatic nitrogens is 2. The predicted octanol–water partition coefficient (Wildman–Crippen LogP) is 6.54. The highest BCUT2D eigenvalue weighted by molar-refractivity contribution is 5.64. The molecule has 1 fully saturated rings. The molecule has 0 aliphatic heterocycles. The van der Waals surface area contributed by atoms with Crippen molar-refractivity contribution < 1.29 is 22.6 Å². The quantitative estimate of drug-likeness (QED) is 0.395. The second-order valence-corrected chi connectivity index (χ2v) is 7.88. The molecule has 31 heavy (non-hydrogen) atoms. The van der Waals surface area contributed by atoms with Crippen LogP contribution in [-0.2, 0) is 6.18 Å². The van der Waals surface area contributed by atoms with Gasteiger partial charge >= 0.3 is 12.2 Å². The lowest BCUT2D eigenvalue weighted by Gasteiger charge is -2.23. The summed E-state index contributed by atoms with van der Waals surface area (Å²) in [6.07, 6.45) is 4.65. The molecule has 1 heterocycles. The minimum atomic E-state index is -4.58. The molecule has 5 nitrogen and oxygen atoms in total. The van der Waals surface area contributed by atoms with Gasteiger partial charge in [-0.05, 0) is 44.2 Å². The summed E-state index contributed by atoms with van der Waals surface area (Å²) in [6.45, 7) is 2.48. The van der Waals surface area contributed by atoms with Crippen LogP contribution in [0.1, 0.15) is 63.9 Å². The number of hydrogen-bond acceptors (Lipinski definition) is 5. The van der Waals surface area contributed by atoms with Crippen LogP contribution >= 0.6 is 0 Å². The first kappa shape index (κ1) is 23.2. The van der Waals surface area contributed by atoms with Gasteiger partial charge in [-0.1, -0.05) is 32.3 Å². The molecule has 0 saturated heterocycles. The highest BCUT2D eigenvalue weighted by Gasteiger charge is 2.37. The fraction of sp³-hybridized carbons (Fsp3) is 0.565. The fourth-order valence-corrected chi connectivity index (χ4v) is 3.66. The van der Waals surface area contributed by atoms with Gasteiger partial charge in [-0.2, -0.15) is 18.2 Å². The van der Waals surface area contributed by atoms with E-state index in [-0.39, 0.29) is 17.9 Å². The number of benzene rings is 1. The summed E-state index contributed by atoms with van der Waals surface area (Å²) in [7, 11) is 1.55. The molecule has 3 rings (SSSR count). The zero-order valence-electron chi connectivity index (χ0n) is 18.1. The van der Waals surface area contributed by atoms with Crippen LogP contribution in [0.4, 0.5) is 24.7 Å². The maximum atomic E-state index is 13.6. The van der Waals surface area contributed by atoms with Crippen molar-refractivity contribution in [3.05, 3.63) is 36.0 Å². The van der Waals surface area contributed by atoms with E-state index < -0.39 is 11.7 Å². The number of ether oxygens (including phenoxy) is 2. The number of alkyl halides is 3. The van der Waals surface area contributed by atoms with Crippen molar-refractivity contribution in [2.75, 3.05) is 18.6 Å². The van der Waals surface area contributed by atoms with Crippen molar-refractivity contribution in [2.45, 2.75) is 70.6 Å². The Bertz CT molecular complexity index is 839. The lowest BCUT2D eigenvalue weighted by atomic mass is 10.2. The Morgan fingerprint density at radius 3 is 2.61 bits per heavy atom. The maximum Gasteiger partial charge on any atom is 0.421 e. The van der Waals surface area contributed by atoms with E-state index in [1.165, 1.54) is 4.90 Å². The molecule has 1 aliphatic rings. The molecule has 0 N–H and O–H groups in total. The Labute approximate surface area is 181 Å². The molecule has 2 aromatic rings. The van der Waals surface area contributed by atoms with Crippen LogP contribution < -0.4 is 14.4 Å². The Morgan fingerprint density at radius 1 is 1.13 bits per heavy atom. The summed E-state index contributed by atoms with van der Waals surface area (Å²) in [4.78, 5) is 9.28. The van der Waals surface area contributed by atoms with Gasteiger partial charge in [-0.3, -0.25) is 0 Å². The van der Waals surface area contributed by atoms with Crippen LogP contribution in [0.2, 0.25) is 0 Å². The number of hydrogen-bond donors (Lipinski definition) is 0. The van der Waals surface area contributed by atoms with Gasteiger partial charge in [-0.25, -0.2) is 4.98 Å². The average molecular weight is 438 g/mol. The van der Waals surface area contributed by atoms with Crippen molar-refractivity contribution in [3.63, 3.8) is 0 Å². The molecule has 1 aromatic heterocycles. The summed E-state index contributed by atoms with van der Waals surface area (Å²) < 4.78 is 52.4. The van der Waals surface area contributed by atoms with Gasteiger partial charge in [0, 0.05) is 25.0 Å². The molecule has 0 unspecified atom stereocenters. The van der Waals surface area contributed by atoms with Gasteiger partial charge < -0.3 is 14.4 Å². The van der Waals surface area contributed by atoms with E-state index in [9.17, 15) is 13.2 Å². The Morgan fingerprint density at radius 2 is 1.90 bits per heavy atom. The van der Waals surface area contributed by atoms with Crippen LogP contribution in [0.25, 0.3) is 0 Å². The summed E-state index contributed by atoms with van der Waals surface area (Å²) >= 11 is 0. The lowest BCUT2D eigenvalue weighted by molar-refractivity contribution is -0.137. The van der Waals surface area contributed by atoms with Crippen LogP contribution in [0.15, 0.2) is 30.5 Å². The van der Waals surface area contributed by atoms with Crippen molar-refractivity contribution in [1.82, 2.24) is 9.97 Å². The van der Waals surface area contributed by atoms with Crippen molar-refractivity contribution in [3.8, 4) is 11.8 Å². The first-order chi connectivity index (χ1) is 14.9. The summed E-state index contributed by atoms with van der Waals surface area (Å²) in [6, 6.07) is 7.02. The van der Waals surface area contributed by atoms with E-state index >= 15 is 0 Å². The molecular formula is C23H30F3N3O2. The first-order valence-electron chi connectivity index (χ1n) is 11.0. The SMILES string of the molecule is CCCCCCOc1ncc(C(F)(F)F)c(N(C)c2cccc(OC3CCCC3)c2)n1. The van der Waals surface area contributed by atoms with E-state index in [0.717, 1.165) is 57.6 Å². The van der Waals surface area contributed by atoms with Crippen LogP contribution in [-0.4, -0.2) is 29.7 Å². The van der Waals surface area contributed by atoms with E-state index in [1.807, 2.05) is 6.07 Å². The second-order valence-electron chi connectivity index (χ2n) is 7.88. The number of anilines is 2. The molecule has 170 valence electrons. The van der Waals surface area contributed by atoms with Crippen molar-refractivity contribution in [1.29, 1.82) is 0 Å². The van der Waals surface area contributed by atoms with Crippen molar-refractivity contribution >= 4 is 11.5 Å². The van der Waals surface area contributed by atoms with Gasteiger partial charge in [0.25, 0.3) is 0 Å². The Hall–Kier alpha value is -2.51. The summed E-state index contributed by atoms with van der Waals surface area (Å²) in [5.41, 5.74) is -0.357. The van der Waals surface area contributed by atoms with Crippen molar-refractivity contribution in [2.24, 2.45) is 0 Å². The summed E-state index contributed by atoms with van der Waals surface area (Å²) in [5.74, 6) is 0.398. The minimum Gasteiger partial charge on any atom is -0.490 e. The monoisotopic (exact) mass is 437 g/mol. The smallest absolute Gasteiger partial charge is 0.421 e. The van der Waals surface area contributed by atoms with Crippen LogP contribution in [0, 0.1) is 0 Å². The molecule has 0 radical (unpaired) electrons. The average Bonchev–Trinajstić information content (AvgIpc) is 3.25. The fourth-order valence-electron chi connectivity index (χ4n) is 3.66. The zero-order chi connectivity index (χ0) is 22.3. The molecular weight excluding hydrogens is 407 g/mol. The maximum absolute atomic E-state index is 13.6. The Kier molecular flexibility index (Phi) is 7.98. The second kappa shape index (κ2) is 10.7. The van der Waals surface area contributed by atoms with Gasteiger partial charge in [0.05, 0.1) is 12.7 Å². The van der Waals surface area contributed by atoms with Gasteiger partial charge in [0.15, 0.2) is 5.82 Å². The first-order valence-corrected chi connectivity index (χ1v) is 11.0. The number of halogens is 3. The molecule has 1 saturated carbocycles. The molecule has 0 atom stereocenters. The molecule has 1 aromatic carbocycles. The van der Waals surface area contributed by atoms with E-state index in [1.54, 1.807) is 25.2 Å². The number of unbranched alkanes of at least 4 members (excludes halogenated alkanes) is 3. The lowest BCUT2D eigenvalue weighted by Crippen LogP contribution is -2.19. The third kappa shape index (κ3) is 6.48. The van der Waals surface area contributed by atoms with E-state index in [0.29, 0.717) is 18.0 Å². The highest BCUT2D eigenvalue weighted by Crippen LogP contribution is 2.38. The van der Waals surface area contributed by atoms with E-state index in [2.05, 4.69) is 16.9 Å². The highest BCUT2D eigenvalue weighted by atomic mass is 19.4. The zero-order valence-corrected chi connectivity index (χ0v) is 18.1. The topological polar surface area (TPSA) is 47.5 Å². The number of rotatable bonds is 10. The largest absolute Gasteiger partial charge is 0.490 e. The van der Waals surface area contributed by atoms with Crippen LogP contribution in [0.5, 0.6) is 11.8 Å². The third-order valence-electron chi connectivity index (χ3n) is 5.41.